The minimum atomic E-state index is -0.454. The number of ether oxygens (including phenoxy) is 1. The lowest BCUT2D eigenvalue weighted by molar-refractivity contribution is -0.120. The molecule has 0 radical (unpaired) electrons. The lowest BCUT2D eigenvalue weighted by Gasteiger charge is -2.11. The minimum absolute atomic E-state index is 0.0146. The lowest BCUT2D eigenvalue weighted by atomic mass is 10.1. The number of halogens is 2. The van der Waals surface area contributed by atoms with Crippen LogP contribution < -0.4 is 10.1 Å². The van der Waals surface area contributed by atoms with Crippen molar-refractivity contribution in [3.05, 3.63) is 64.4 Å². The first kappa shape index (κ1) is 19.3. The van der Waals surface area contributed by atoms with Gasteiger partial charge in [-0.1, -0.05) is 29.8 Å². The van der Waals surface area contributed by atoms with Crippen molar-refractivity contribution in [2.24, 2.45) is 0 Å². The number of aryl methyl sites for hydroxylation is 1. The van der Waals surface area contributed by atoms with Crippen molar-refractivity contribution in [2.45, 2.75) is 39.2 Å². The first-order chi connectivity index (χ1) is 11.9. The Kier molecular flexibility index (Phi) is 7.26. The molecule has 0 saturated carbocycles. The van der Waals surface area contributed by atoms with Gasteiger partial charge >= 0.3 is 0 Å². The average Bonchev–Trinajstić information content (AvgIpc) is 2.54. The molecular weight excluding hydrogens is 341 g/mol. The van der Waals surface area contributed by atoms with Gasteiger partial charge in [-0.3, -0.25) is 4.79 Å². The molecule has 0 bridgehead atoms. The SMILES string of the molecule is CC(C)Oc1cccc(CCCNC(=O)Cc2ccc(Cl)cc2F)c1. The van der Waals surface area contributed by atoms with Crippen molar-refractivity contribution in [1.29, 1.82) is 0 Å². The van der Waals surface area contributed by atoms with E-state index in [4.69, 9.17) is 16.3 Å². The molecule has 0 atom stereocenters. The third-order valence-corrected chi connectivity index (χ3v) is 3.84. The quantitative estimate of drug-likeness (QED) is 0.698. The van der Waals surface area contributed by atoms with Gasteiger partial charge in [-0.2, -0.15) is 0 Å². The maximum atomic E-state index is 13.7. The molecule has 2 aromatic rings. The normalized spacial score (nSPS) is 10.8. The summed E-state index contributed by atoms with van der Waals surface area (Å²) in [6.07, 6.45) is 1.80. The zero-order chi connectivity index (χ0) is 18.2. The van der Waals surface area contributed by atoms with Gasteiger partial charge in [-0.05, 0) is 62.1 Å². The van der Waals surface area contributed by atoms with Gasteiger partial charge in [-0.15, -0.1) is 0 Å². The smallest absolute Gasteiger partial charge is 0.224 e. The van der Waals surface area contributed by atoms with Crippen LogP contribution in [0.5, 0.6) is 5.75 Å². The van der Waals surface area contributed by atoms with Crippen molar-refractivity contribution in [1.82, 2.24) is 5.32 Å². The molecule has 2 rings (SSSR count). The van der Waals surface area contributed by atoms with Gasteiger partial charge in [0, 0.05) is 11.6 Å². The largest absolute Gasteiger partial charge is 0.491 e. The van der Waals surface area contributed by atoms with Crippen LogP contribution in [-0.2, 0) is 17.6 Å². The highest BCUT2D eigenvalue weighted by atomic mass is 35.5. The summed E-state index contributed by atoms with van der Waals surface area (Å²) >= 11 is 5.70. The number of nitrogens with one attached hydrogen (secondary N) is 1. The molecule has 134 valence electrons. The monoisotopic (exact) mass is 363 g/mol. The molecule has 0 aliphatic heterocycles. The van der Waals surface area contributed by atoms with Crippen molar-refractivity contribution in [3.63, 3.8) is 0 Å². The van der Waals surface area contributed by atoms with Crippen molar-refractivity contribution in [3.8, 4) is 5.75 Å². The first-order valence-electron chi connectivity index (χ1n) is 8.40. The third-order valence-electron chi connectivity index (χ3n) is 3.60. The fourth-order valence-electron chi connectivity index (χ4n) is 2.47. The zero-order valence-corrected chi connectivity index (χ0v) is 15.3. The number of benzene rings is 2. The molecule has 0 heterocycles. The molecule has 0 saturated heterocycles. The summed E-state index contributed by atoms with van der Waals surface area (Å²) in [6, 6.07) is 12.3. The Bertz CT molecular complexity index is 719. The van der Waals surface area contributed by atoms with Gasteiger partial charge in [0.15, 0.2) is 0 Å². The van der Waals surface area contributed by atoms with E-state index in [2.05, 4.69) is 5.32 Å². The van der Waals surface area contributed by atoms with Crippen LogP contribution in [0.4, 0.5) is 4.39 Å². The highest BCUT2D eigenvalue weighted by Gasteiger charge is 2.08. The van der Waals surface area contributed by atoms with E-state index in [9.17, 15) is 9.18 Å². The van der Waals surface area contributed by atoms with Crippen LogP contribution in [0.25, 0.3) is 0 Å². The molecule has 0 unspecified atom stereocenters. The molecule has 3 nitrogen and oxygen atoms in total. The Morgan fingerprint density at radius 3 is 2.76 bits per heavy atom. The Labute approximate surface area is 153 Å². The lowest BCUT2D eigenvalue weighted by Crippen LogP contribution is -2.26. The second-order valence-corrected chi connectivity index (χ2v) is 6.62. The Morgan fingerprint density at radius 1 is 1.24 bits per heavy atom. The number of rotatable bonds is 8. The second-order valence-electron chi connectivity index (χ2n) is 6.18. The van der Waals surface area contributed by atoms with Gasteiger partial charge in [-0.25, -0.2) is 4.39 Å². The highest BCUT2D eigenvalue weighted by Crippen LogP contribution is 2.16. The minimum Gasteiger partial charge on any atom is -0.491 e. The molecule has 5 heteroatoms. The number of carbonyl (C=O) groups is 1. The van der Waals surface area contributed by atoms with Gasteiger partial charge in [0.2, 0.25) is 5.91 Å². The molecule has 0 aliphatic carbocycles. The summed E-state index contributed by atoms with van der Waals surface area (Å²) in [5.41, 5.74) is 1.51. The van der Waals surface area contributed by atoms with E-state index in [0.29, 0.717) is 17.1 Å². The maximum Gasteiger partial charge on any atom is 0.224 e. The van der Waals surface area contributed by atoms with E-state index in [-0.39, 0.29) is 18.4 Å². The average molecular weight is 364 g/mol. The van der Waals surface area contributed by atoms with E-state index in [1.54, 1.807) is 6.07 Å². The van der Waals surface area contributed by atoms with Gasteiger partial charge in [0.25, 0.3) is 0 Å². The molecule has 0 spiro atoms. The molecule has 0 aliphatic rings. The predicted octanol–water partition coefficient (Wildman–Crippen LogP) is 4.56. The summed E-state index contributed by atoms with van der Waals surface area (Å²) in [6.45, 7) is 4.53. The summed E-state index contributed by atoms with van der Waals surface area (Å²) in [5, 5.41) is 3.14. The number of hydrogen-bond acceptors (Lipinski definition) is 2. The molecular formula is C20H23ClFNO2. The van der Waals surface area contributed by atoms with Crippen LogP contribution in [0, 0.1) is 5.82 Å². The molecule has 0 fully saturated rings. The fraction of sp³-hybridized carbons (Fsp3) is 0.350. The molecule has 1 N–H and O–H groups in total. The van der Waals surface area contributed by atoms with Gasteiger partial charge < -0.3 is 10.1 Å². The molecule has 1 amide bonds. The van der Waals surface area contributed by atoms with Gasteiger partial charge in [0.1, 0.15) is 11.6 Å². The molecule has 25 heavy (non-hydrogen) atoms. The van der Waals surface area contributed by atoms with E-state index in [1.165, 1.54) is 12.1 Å². The second kappa shape index (κ2) is 9.42. The Balaban J connectivity index is 1.74. The van der Waals surface area contributed by atoms with E-state index < -0.39 is 5.82 Å². The van der Waals surface area contributed by atoms with Crippen LogP contribution in [-0.4, -0.2) is 18.6 Å². The van der Waals surface area contributed by atoms with Crippen LogP contribution in [0.3, 0.4) is 0 Å². The molecule has 0 aromatic heterocycles. The number of amides is 1. The van der Waals surface area contributed by atoms with E-state index in [0.717, 1.165) is 24.2 Å². The maximum absolute atomic E-state index is 13.7. The molecule has 2 aromatic carbocycles. The van der Waals surface area contributed by atoms with Crippen LogP contribution in [0.2, 0.25) is 5.02 Å². The number of carbonyl (C=O) groups excluding carboxylic acids is 1. The summed E-state index contributed by atoms with van der Waals surface area (Å²) in [4.78, 5) is 11.9. The highest BCUT2D eigenvalue weighted by molar-refractivity contribution is 6.30. The van der Waals surface area contributed by atoms with Crippen LogP contribution in [0.1, 0.15) is 31.4 Å². The summed E-state index contributed by atoms with van der Waals surface area (Å²) in [5.74, 6) is 0.206. The summed E-state index contributed by atoms with van der Waals surface area (Å²) in [7, 11) is 0. The fourth-order valence-corrected chi connectivity index (χ4v) is 2.63. The van der Waals surface area contributed by atoms with Crippen molar-refractivity contribution < 1.29 is 13.9 Å². The standard InChI is InChI=1S/C20H23ClFNO2/c1-14(2)25-18-7-3-5-15(11-18)6-4-10-23-20(24)12-16-8-9-17(21)13-19(16)22/h3,5,7-9,11,13-14H,4,6,10,12H2,1-2H3,(H,23,24). The predicted molar refractivity (Wildman–Crippen MR) is 98.7 cm³/mol. The number of hydrogen-bond donors (Lipinski definition) is 1. The van der Waals surface area contributed by atoms with Crippen LogP contribution >= 0.6 is 11.6 Å². The Hall–Kier alpha value is -2.07. The first-order valence-corrected chi connectivity index (χ1v) is 8.78. The van der Waals surface area contributed by atoms with E-state index in [1.807, 2.05) is 38.1 Å². The Morgan fingerprint density at radius 2 is 2.04 bits per heavy atom. The van der Waals surface area contributed by atoms with Crippen molar-refractivity contribution >= 4 is 17.5 Å². The van der Waals surface area contributed by atoms with Crippen LogP contribution in [0.15, 0.2) is 42.5 Å². The summed E-state index contributed by atoms with van der Waals surface area (Å²) < 4.78 is 19.3. The van der Waals surface area contributed by atoms with Crippen molar-refractivity contribution in [2.75, 3.05) is 6.54 Å². The van der Waals surface area contributed by atoms with Gasteiger partial charge in [0.05, 0.1) is 12.5 Å². The third kappa shape index (κ3) is 6.75. The van der Waals surface area contributed by atoms with E-state index >= 15 is 0 Å². The topological polar surface area (TPSA) is 38.3 Å². The zero-order valence-electron chi connectivity index (χ0n) is 14.5.